The lowest BCUT2D eigenvalue weighted by molar-refractivity contribution is -0.122. The Morgan fingerprint density at radius 3 is 3.05 bits per heavy atom. The van der Waals surface area contributed by atoms with E-state index in [9.17, 15) is 9.59 Å². The van der Waals surface area contributed by atoms with Crippen LogP contribution < -0.4 is 5.32 Å². The summed E-state index contributed by atoms with van der Waals surface area (Å²) in [4.78, 5) is 24.9. The Kier molecular flexibility index (Phi) is 3.05. The zero-order valence-electron chi connectivity index (χ0n) is 11.0. The summed E-state index contributed by atoms with van der Waals surface area (Å²) < 4.78 is 5.75. The largest absolute Gasteiger partial charge is 0.468 e. The van der Waals surface area contributed by atoms with Gasteiger partial charge in [0, 0.05) is 38.4 Å². The highest BCUT2D eigenvalue weighted by Gasteiger charge is 2.33. The SMILES string of the molecule is CN1C2=CCC(=O)C=C2OC1CCNC(=O)C1CC1. The maximum atomic E-state index is 11.5. The molecular weight excluding hydrogens is 244 g/mol. The summed E-state index contributed by atoms with van der Waals surface area (Å²) >= 11 is 0. The quantitative estimate of drug-likeness (QED) is 0.819. The number of ketones is 1. The number of likely N-dealkylation sites (N-methyl/N-ethyl adjacent to an activating group) is 1. The number of nitrogens with one attached hydrogen (secondary N) is 1. The molecule has 1 amide bonds. The Balaban J connectivity index is 1.53. The van der Waals surface area contributed by atoms with Crippen LogP contribution in [0.15, 0.2) is 23.6 Å². The molecule has 5 nitrogen and oxygen atoms in total. The topological polar surface area (TPSA) is 58.6 Å². The van der Waals surface area contributed by atoms with Gasteiger partial charge in [-0.1, -0.05) is 0 Å². The van der Waals surface area contributed by atoms with Crippen molar-refractivity contribution >= 4 is 11.7 Å². The minimum atomic E-state index is -0.0945. The van der Waals surface area contributed by atoms with Crippen LogP contribution in [-0.2, 0) is 14.3 Å². The lowest BCUT2D eigenvalue weighted by atomic mass is 10.1. The third-order valence-corrected chi connectivity index (χ3v) is 3.75. The summed E-state index contributed by atoms with van der Waals surface area (Å²) in [6.07, 6.45) is 6.58. The summed E-state index contributed by atoms with van der Waals surface area (Å²) in [7, 11) is 1.95. The van der Waals surface area contributed by atoms with Crippen molar-refractivity contribution in [1.82, 2.24) is 10.2 Å². The van der Waals surface area contributed by atoms with Crippen molar-refractivity contribution in [3.8, 4) is 0 Å². The minimum absolute atomic E-state index is 0.0786. The molecule has 1 N–H and O–H groups in total. The van der Waals surface area contributed by atoms with Gasteiger partial charge >= 0.3 is 0 Å². The minimum Gasteiger partial charge on any atom is -0.468 e. The van der Waals surface area contributed by atoms with E-state index in [4.69, 9.17) is 4.74 Å². The number of hydrogen-bond donors (Lipinski definition) is 1. The van der Waals surface area contributed by atoms with Crippen molar-refractivity contribution in [2.24, 2.45) is 5.92 Å². The molecule has 0 bridgehead atoms. The molecule has 0 radical (unpaired) electrons. The Morgan fingerprint density at radius 2 is 2.32 bits per heavy atom. The van der Waals surface area contributed by atoms with E-state index in [0.717, 1.165) is 25.0 Å². The highest BCUT2D eigenvalue weighted by atomic mass is 16.5. The number of carbonyl (C=O) groups excluding carboxylic acids is 2. The highest BCUT2D eigenvalue weighted by molar-refractivity contribution is 5.93. The van der Waals surface area contributed by atoms with Gasteiger partial charge in [-0.2, -0.15) is 0 Å². The zero-order valence-corrected chi connectivity index (χ0v) is 11.0. The van der Waals surface area contributed by atoms with Crippen LogP contribution in [0.3, 0.4) is 0 Å². The molecule has 19 heavy (non-hydrogen) atoms. The predicted molar refractivity (Wildman–Crippen MR) is 68.8 cm³/mol. The van der Waals surface area contributed by atoms with E-state index < -0.39 is 0 Å². The number of allylic oxidation sites excluding steroid dienone is 2. The van der Waals surface area contributed by atoms with Crippen LogP contribution in [-0.4, -0.2) is 36.4 Å². The van der Waals surface area contributed by atoms with E-state index in [1.807, 2.05) is 18.0 Å². The third-order valence-electron chi connectivity index (χ3n) is 3.75. The van der Waals surface area contributed by atoms with E-state index in [1.165, 1.54) is 0 Å². The van der Waals surface area contributed by atoms with E-state index in [0.29, 0.717) is 18.7 Å². The van der Waals surface area contributed by atoms with Gasteiger partial charge in [-0.25, -0.2) is 0 Å². The molecule has 2 aliphatic carbocycles. The number of fused-ring (bicyclic) bond motifs is 1. The van der Waals surface area contributed by atoms with Crippen LogP contribution in [0.2, 0.25) is 0 Å². The van der Waals surface area contributed by atoms with Crippen LogP contribution in [0.1, 0.15) is 25.7 Å². The van der Waals surface area contributed by atoms with E-state index in [-0.39, 0.29) is 23.8 Å². The molecule has 2 fully saturated rings. The Labute approximate surface area is 112 Å². The second kappa shape index (κ2) is 4.72. The van der Waals surface area contributed by atoms with E-state index in [1.54, 1.807) is 6.08 Å². The molecule has 0 aromatic rings. The third kappa shape index (κ3) is 2.50. The first-order valence-corrected chi connectivity index (χ1v) is 6.77. The van der Waals surface area contributed by atoms with E-state index in [2.05, 4.69) is 5.32 Å². The first-order valence-electron chi connectivity index (χ1n) is 6.77. The standard InChI is InChI=1S/C14H18N2O3/c1-16-11-5-4-10(17)8-12(11)19-13(16)6-7-15-14(18)9-2-3-9/h5,8-9,13H,2-4,6-7H2,1H3,(H,15,18). The molecule has 1 atom stereocenters. The van der Waals surface area contributed by atoms with Gasteiger partial charge in [-0.15, -0.1) is 0 Å². The Morgan fingerprint density at radius 1 is 1.53 bits per heavy atom. The molecule has 0 aromatic heterocycles. The number of hydrogen-bond acceptors (Lipinski definition) is 4. The summed E-state index contributed by atoms with van der Waals surface area (Å²) in [5, 5.41) is 2.93. The van der Waals surface area contributed by atoms with Gasteiger partial charge in [0.15, 0.2) is 12.0 Å². The maximum Gasteiger partial charge on any atom is 0.223 e. The van der Waals surface area contributed by atoms with Gasteiger partial charge in [0.05, 0.1) is 5.70 Å². The number of amides is 1. The smallest absolute Gasteiger partial charge is 0.223 e. The van der Waals surface area contributed by atoms with Crippen LogP contribution in [0.4, 0.5) is 0 Å². The molecule has 3 rings (SSSR count). The van der Waals surface area contributed by atoms with Gasteiger partial charge in [0.2, 0.25) is 5.91 Å². The van der Waals surface area contributed by atoms with Crippen LogP contribution in [0.5, 0.6) is 0 Å². The summed E-state index contributed by atoms with van der Waals surface area (Å²) in [5.41, 5.74) is 0.984. The van der Waals surface area contributed by atoms with Crippen LogP contribution >= 0.6 is 0 Å². The predicted octanol–water partition coefficient (Wildman–Crippen LogP) is 0.931. The van der Waals surface area contributed by atoms with Crippen LogP contribution in [0.25, 0.3) is 0 Å². The van der Waals surface area contributed by atoms with Gasteiger partial charge in [-0.05, 0) is 18.9 Å². The number of nitrogens with zero attached hydrogens (tertiary/aromatic N) is 1. The van der Waals surface area contributed by atoms with Crippen molar-refractivity contribution < 1.29 is 14.3 Å². The maximum absolute atomic E-state index is 11.5. The molecule has 5 heteroatoms. The lowest BCUT2D eigenvalue weighted by Crippen LogP contribution is -2.32. The van der Waals surface area contributed by atoms with Crippen molar-refractivity contribution in [1.29, 1.82) is 0 Å². The molecule has 1 unspecified atom stereocenters. The lowest BCUT2D eigenvalue weighted by Gasteiger charge is -2.20. The molecule has 1 saturated heterocycles. The van der Waals surface area contributed by atoms with Crippen molar-refractivity contribution in [2.75, 3.05) is 13.6 Å². The number of rotatable bonds is 4. The Bertz CT molecular complexity index is 477. The zero-order chi connectivity index (χ0) is 13.4. The van der Waals surface area contributed by atoms with Gasteiger partial charge in [0.1, 0.15) is 5.76 Å². The first-order chi connectivity index (χ1) is 9.15. The average Bonchev–Trinajstić information content (AvgIpc) is 3.17. The fourth-order valence-electron chi connectivity index (χ4n) is 2.43. The van der Waals surface area contributed by atoms with Gasteiger partial charge < -0.3 is 15.0 Å². The molecule has 3 aliphatic rings. The van der Waals surface area contributed by atoms with Crippen LogP contribution in [0, 0.1) is 5.92 Å². The summed E-state index contributed by atoms with van der Waals surface area (Å²) in [6, 6.07) is 0. The van der Waals surface area contributed by atoms with Crippen molar-refractivity contribution in [3.05, 3.63) is 23.6 Å². The molecule has 0 aromatic carbocycles. The normalized spacial score (nSPS) is 25.4. The number of carbonyl (C=O) groups is 2. The molecule has 0 spiro atoms. The second-order valence-corrected chi connectivity index (χ2v) is 5.31. The summed E-state index contributed by atoms with van der Waals surface area (Å²) in [6.45, 7) is 0.610. The average molecular weight is 262 g/mol. The van der Waals surface area contributed by atoms with Crippen molar-refractivity contribution in [3.63, 3.8) is 0 Å². The fraction of sp³-hybridized carbons (Fsp3) is 0.571. The van der Waals surface area contributed by atoms with Crippen molar-refractivity contribution in [2.45, 2.75) is 31.9 Å². The first kappa shape index (κ1) is 12.3. The van der Waals surface area contributed by atoms with E-state index >= 15 is 0 Å². The monoisotopic (exact) mass is 262 g/mol. The molecule has 102 valence electrons. The van der Waals surface area contributed by atoms with Gasteiger partial charge in [-0.3, -0.25) is 9.59 Å². The summed E-state index contributed by atoms with van der Waals surface area (Å²) in [5.74, 6) is 1.15. The molecule has 1 aliphatic heterocycles. The molecule has 1 saturated carbocycles. The Hall–Kier alpha value is -1.78. The number of ether oxygens (including phenoxy) is 1. The molecule has 1 heterocycles. The highest BCUT2D eigenvalue weighted by Crippen LogP contribution is 2.32. The molecular formula is C14H18N2O3. The fourth-order valence-corrected chi connectivity index (χ4v) is 2.43. The second-order valence-electron chi connectivity index (χ2n) is 5.31. The van der Waals surface area contributed by atoms with Gasteiger partial charge in [0.25, 0.3) is 0 Å².